The SMILES string of the molecule is COCCc1nc(N)c2c(C#N)cn([C@@H]3O[C@H](CO)[C@@H](O)[C@H]3O)c2n1. The molecule has 4 atom stereocenters. The number of nitrogens with zero attached hydrogens (tertiary/aromatic N) is 4. The molecule has 1 fully saturated rings. The number of methoxy groups -OCH3 is 1. The average molecular weight is 349 g/mol. The summed E-state index contributed by atoms with van der Waals surface area (Å²) in [6.07, 6.45) is -2.64. The van der Waals surface area contributed by atoms with Crippen LogP contribution in [0, 0.1) is 11.3 Å². The number of rotatable bonds is 5. The van der Waals surface area contributed by atoms with E-state index in [0.29, 0.717) is 29.9 Å². The molecule has 3 heterocycles. The number of hydrogen-bond acceptors (Lipinski definition) is 9. The monoisotopic (exact) mass is 349 g/mol. The first kappa shape index (κ1) is 17.5. The minimum Gasteiger partial charge on any atom is -0.394 e. The first-order chi connectivity index (χ1) is 12.0. The maximum absolute atomic E-state index is 10.2. The van der Waals surface area contributed by atoms with E-state index >= 15 is 0 Å². The molecule has 1 aliphatic heterocycles. The predicted octanol–water partition coefficient (Wildman–Crippen LogP) is -1.31. The highest BCUT2D eigenvalue weighted by Gasteiger charge is 2.44. The van der Waals surface area contributed by atoms with Crippen molar-refractivity contribution in [3.05, 3.63) is 17.6 Å². The van der Waals surface area contributed by atoms with E-state index in [1.807, 2.05) is 6.07 Å². The molecule has 0 spiro atoms. The Kier molecular flexibility index (Phi) is 4.85. The molecule has 134 valence electrons. The van der Waals surface area contributed by atoms with Crippen molar-refractivity contribution in [1.29, 1.82) is 5.26 Å². The summed E-state index contributed by atoms with van der Waals surface area (Å²) < 4.78 is 12.0. The van der Waals surface area contributed by atoms with E-state index in [0.717, 1.165) is 0 Å². The van der Waals surface area contributed by atoms with E-state index in [1.165, 1.54) is 10.8 Å². The second-order valence-corrected chi connectivity index (χ2v) is 5.76. The lowest BCUT2D eigenvalue weighted by Gasteiger charge is -2.17. The smallest absolute Gasteiger partial charge is 0.164 e. The fraction of sp³-hybridized carbons (Fsp3) is 0.533. The van der Waals surface area contributed by atoms with Gasteiger partial charge in [-0.2, -0.15) is 5.26 Å². The molecule has 0 amide bonds. The van der Waals surface area contributed by atoms with Gasteiger partial charge in [-0.15, -0.1) is 0 Å². The summed E-state index contributed by atoms with van der Waals surface area (Å²) in [6.45, 7) is -0.0557. The summed E-state index contributed by atoms with van der Waals surface area (Å²) in [5.74, 6) is 0.556. The maximum Gasteiger partial charge on any atom is 0.164 e. The first-order valence-electron chi connectivity index (χ1n) is 7.70. The summed E-state index contributed by atoms with van der Waals surface area (Å²) in [7, 11) is 1.55. The molecule has 10 heteroatoms. The summed E-state index contributed by atoms with van der Waals surface area (Å²) in [5, 5.41) is 39.2. The largest absolute Gasteiger partial charge is 0.394 e. The minimum absolute atomic E-state index is 0.137. The third-order valence-electron chi connectivity index (χ3n) is 4.19. The molecule has 25 heavy (non-hydrogen) atoms. The molecule has 0 bridgehead atoms. The maximum atomic E-state index is 10.2. The standard InChI is InChI=1S/C15H19N5O5/c1-24-3-2-9-18-13(17)10-7(4-16)5-20(14(10)19-9)15-12(23)11(22)8(6-21)25-15/h5,8,11-12,15,21-23H,2-3,6H2,1H3,(H2,17,18,19)/t8-,11-,12-,15-/m1/s1. The molecule has 2 aromatic heterocycles. The zero-order valence-electron chi connectivity index (χ0n) is 13.5. The first-order valence-corrected chi connectivity index (χ1v) is 7.70. The molecule has 3 rings (SSSR count). The van der Waals surface area contributed by atoms with Gasteiger partial charge < -0.3 is 35.1 Å². The normalized spacial score (nSPS) is 26.2. The van der Waals surface area contributed by atoms with E-state index in [4.69, 9.17) is 15.2 Å². The number of aromatic nitrogens is 3. The van der Waals surface area contributed by atoms with Crippen LogP contribution in [0.2, 0.25) is 0 Å². The van der Waals surface area contributed by atoms with Gasteiger partial charge in [-0.25, -0.2) is 9.97 Å². The molecule has 10 nitrogen and oxygen atoms in total. The van der Waals surface area contributed by atoms with Crippen molar-refractivity contribution >= 4 is 16.9 Å². The number of hydrogen-bond donors (Lipinski definition) is 4. The fourth-order valence-corrected chi connectivity index (χ4v) is 2.92. The summed E-state index contributed by atoms with van der Waals surface area (Å²) in [6, 6.07) is 2.01. The van der Waals surface area contributed by atoms with Gasteiger partial charge in [0.1, 0.15) is 41.7 Å². The Morgan fingerprint density at radius 3 is 2.76 bits per heavy atom. The number of aliphatic hydroxyl groups is 3. The van der Waals surface area contributed by atoms with Gasteiger partial charge >= 0.3 is 0 Å². The van der Waals surface area contributed by atoms with Crippen LogP contribution < -0.4 is 5.73 Å². The summed E-state index contributed by atoms with van der Waals surface area (Å²) in [4.78, 5) is 8.58. The number of nitrogen functional groups attached to an aromatic ring is 1. The van der Waals surface area contributed by atoms with E-state index in [9.17, 15) is 20.6 Å². The Morgan fingerprint density at radius 1 is 1.40 bits per heavy atom. The van der Waals surface area contributed by atoms with Gasteiger partial charge in [0.2, 0.25) is 0 Å². The second-order valence-electron chi connectivity index (χ2n) is 5.76. The van der Waals surface area contributed by atoms with Crippen molar-refractivity contribution in [3.8, 4) is 6.07 Å². The van der Waals surface area contributed by atoms with Gasteiger partial charge in [-0.05, 0) is 0 Å². The van der Waals surface area contributed by atoms with Crippen molar-refractivity contribution in [2.24, 2.45) is 0 Å². The van der Waals surface area contributed by atoms with Crippen molar-refractivity contribution in [1.82, 2.24) is 14.5 Å². The number of fused-ring (bicyclic) bond motifs is 1. The molecule has 1 saturated heterocycles. The van der Waals surface area contributed by atoms with Gasteiger partial charge in [-0.3, -0.25) is 0 Å². The predicted molar refractivity (Wildman–Crippen MR) is 85.2 cm³/mol. The van der Waals surface area contributed by atoms with Crippen LogP contribution in [0.5, 0.6) is 0 Å². The highest BCUT2D eigenvalue weighted by molar-refractivity contribution is 5.92. The molecular formula is C15H19N5O5. The Labute approximate surface area is 143 Å². The van der Waals surface area contributed by atoms with Crippen LogP contribution in [0.1, 0.15) is 17.6 Å². The summed E-state index contributed by atoms with van der Waals surface area (Å²) in [5.41, 5.74) is 6.52. The number of anilines is 1. The van der Waals surface area contributed by atoms with Crippen LogP contribution in [-0.2, 0) is 15.9 Å². The van der Waals surface area contributed by atoms with E-state index in [-0.39, 0.29) is 11.4 Å². The lowest BCUT2D eigenvalue weighted by molar-refractivity contribution is -0.0508. The molecule has 0 aromatic carbocycles. The van der Waals surface area contributed by atoms with Gasteiger partial charge in [0, 0.05) is 19.7 Å². The van der Waals surface area contributed by atoms with Crippen molar-refractivity contribution in [3.63, 3.8) is 0 Å². The number of nitriles is 1. The van der Waals surface area contributed by atoms with Crippen LogP contribution in [0.15, 0.2) is 6.20 Å². The lowest BCUT2D eigenvalue weighted by atomic mass is 10.1. The van der Waals surface area contributed by atoms with Gasteiger partial charge in [0.05, 0.1) is 24.2 Å². The van der Waals surface area contributed by atoms with Crippen LogP contribution in [-0.4, -0.2) is 68.5 Å². The van der Waals surface area contributed by atoms with Crippen molar-refractivity contribution in [2.75, 3.05) is 26.1 Å². The van der Waals surface area contributed by atoms with Crippen molar-refractivity contribution in [2.45, 2.75) is 31.0 Å². The molecular weight excluding hydrogens is 330 g/mol. The van der Waals surface area contributed by atoms with Crippen LogP contribution in [0.4, 0.5) is 5.82 Å². The van der Waals surface area contributed by atoms with E-state index in [1.54, 1.807) is 7.11 Å². The Morgan fingerprint density at radius 2 is 2.16 bits per heavy atom. The molecule has 0 radical (unpaired) electrons. The molecule has 1 aliphatic rings. The van der Waals surface area contributed by atoms with Crippen LogP contribution >= 0.6 is 0 Å². The van der Waals surface area contributed by atoms with Gasteiger partial charge in [0.25, 0.3) is 0 Å². The van der Waals surface area contributed by atoms with Gasteiger partial charge in [0.15, 0.2) is 6.23 Å². The molecule has 2 aromatic rings. The third-order valence-corrected chi connectivity index (χ3v) is 4.19. The highest BCUT2D eigenvalue weighted by Crippen LogP contribution is 2.34. The van der Waals surface area contributed by atoms with E-state index < -0.39 is 31.1 Å². The average Bonchev–Trinajstić information content (AvgIpc) is 3.11. The number of aliphatic hydroxyl groups excluding tert-OH is 3. The fourth-order valence-electron chi connectivity index (χ4n) is 2.92. The highest BCUT2D eigenvalue weighted by atomic mass is 16.6. The zero-order chi connectivity index (χ0) is 18.1. The molecule has 0 saturated carbocycles. The third kappa shape index (κ3) is 2.92. The Balaban J connectivity index is 2.12. The van der Waals surface area contributed by atoms with E-state index in [2.05, 4.69) is 9.97 Å². The van der Waals surface area contributed by atoms with Crippen LogP contribution in [0.3, 0.4) is 0 Å². The molecule has 5 N–H and O–H groups in total. The number of nitrogens with two attached hydrogens (primary N) is 1. The topological polar surface area (TPSA) is 160 Å². The molecule has 0 unspecified atom stereocenters. The van der Waals surface area contributed by atoms with Crippen molar-refractivity contribution < 1.29 is 24.8 Å². The van der Waals surface area contributed by atoms with Crippen LogP contribution in [0.25, 0.3) is 11.0 Å². The Hall–Kier alpha value is -2.29. The number of ether oxygens (including phenoxy) is 2. The quantitative estimate of drug-likeness (QED) is 0.513. The zero-order valence-corrected chi connectivity index (χ0v) is 13.5. The summed E-state index contributed by atoms with van der Waals surface area (Å²) >= 11 is 0. The Bertz CT molecular complexity index is 817. The molecule has 0 aliphatic carbocycles. The van der Waals surface area contributed by atoms with Gasteiger partial charge in [-0.1, -0.05) is 0 Å². The minimum atomic E-state index is -1.29. The second kappa shape index (κ2) is 6.91. The lowest BCUT2D eigenvalue weighted by Crippen LogP contribution is -2.33.